The molecule has 0 bridgehead atoms. The molecule has 1 heterocycles. The van der Waals surface area contributed by atoms with Crippen LogP contribution in [-0.2, 0) is 18.9 Å². The first-order valence-corrected chi connectivity index (χ1v) is 9.45. The summed E-state index contributed by atoms with van der Waals surface area (Å²) >= 11 is 3.62. The number of unbranched alkanes of at least 4 members (excludes halogenated alkanes) is 2. The average Bonchev–Trinajstić information content (AvgIpc) is 2.86. The Hall–Kier alpha value is -0.460. The maximum atomic E-state index is 6.15. The van der Waals surface area contributed by atoms with Crippen LogP contribution in [0.5, 0.6) is 0 Å². The molecule has 0 saturated carbocycles. The van der Waals surface area contributed by atoms with E-state index < -0.39 is 5.79 Å². The number of halogens is 1. The Kier molecular flexibility index (Phi) is 7.69. The molecule has 0 aromatic heterocycles. The lowest BCUT2D eigenvalue weighted by Crippen LogP contribution is -2.49. The summed E-state index contributed by atoms with van der Waals surface area (Å²) in [7, 11) is 0. The molecule has 0 N–H and O–H groups in total. The van der Waals surface area contributed by atoms with Gasteiger partial charge in [0.1, 0.15) is 24.4 Å². The van der Waals surface area contributed by atoms with Crippen molar-refractivity contribution in [2.45, 2.75) is 69.7 Å². The second-order valence-electron chi connectivity index (χ2n) is 6.60. The molecule has 0 aromatic carbocycles. The summed E-state index contributed by atoms with van der Waals surface area (Å²) in [5, 5.41) is 0. The van der Waals surface area contributed by atoms with Crippen molar-refractivity contribution in [1.29, 1.82) is 0 Å². The Morgan fingerprint density at radius 3 is 2.38 bits per heavy atom. The fourth-order valence-electron chi connectivity index (χ4n) is 3.00. The van der Waals surface area contributed by atoms with E-state index in [0.717, 1.165) is 30.2 Å². The van der Waals surface area contributed by atoms with Gasteiger partial charge in [-0.15, -0.1) is 13.2 Å². The van der Waals surface area contributed by atoms with E-state index in [2.05, 4.69) is 35.2 Å². The maximum Gasteiger partial charge on any atom is 0.164 e. The lowest BCUT2D eigenvalue weighted by molar-refractivity contribution is -0.170. The van der Waals surface area contributed by atoms with Crippen LogP contribution < -0.4 is 0 Å². The molecule has 0 spiro atoms. The van der Waals surface area contributed by atoms with Crippen molar-refractivity contribution >= 4 is 15.9 Å². The standard InChI is InChI=1S/C19H29BrO4/c1-5-7-9-11-21-15-13-14(20)16-18(24-19(3,4)23-16)17(15)22-12-10-8-6-2/h5-6,13,15-18H,1-2,7-12H2,3-4H3/t15-,16+,17+,18+/m0/s1. The molecule has 0 aromatic rings. The number of rotatable bonds is 10. The fraction of sp³-hybridized carbons (Fsp3) is 0.684. The van der Waals surface area contributed by atoms with Gasteiger partial charge in [0.15, 0.2) is 5.79 Å². The van der Waals surface area contributed by atoms with Crippen LogP contribution in [0.3, 0.4) is 0 Å². The van der Waals surface area contributed by atoms with E-state index in [1.807, 2.05) is 26.0 Å². The molecule has 24 heavy (non-hydrogen) atoms. The first-order chi connectivity index (χ1) is 11.5. The predicted octanol–water partition coefficient (Wildman–Crippen LogP) is 4.50. The molecule has 5 heteroatoms. The Morgan fingerprint density at radius 2 is 1.75 bits per heavy atom. The molecule has 1 aliphatic carbocycles. The number of hydrogen-bond acceptors (Lipinski definition) is 4. The van der Waals surface area contributed by atoms with Gasteiger partial charge >= 0.3 is 0 Å². The van der Waals surface area contributed by atoms with Crippen molar-refractivity contribution in [2.24, 2.45) is 0 Å². The Labute approximate surface area is 154 Å². The summed E-state index contributed by atoms with van der Waals surface area (Å²) in [5.41, 5.74) is 0. The van der Waals surface area contributed by atoms with Crippen molar-refractivity contribution in [3.8, 4) is 0 Å². The molecule has 2 rings (SSSR count). The van der Waals surface area contributed by atoms with Crippen LogP contribution in [0.1, 0.15) is 39.5 Å². The Morgan fingerprint density at radius 1 is 1.12 bits per heavy atom. The van der Waals surface area contributed by atoms with Gasteiger partial charge in [-0.05, 0) is 45.6 Å². The Bertz CT molecular complexity index is 460. The zero-order valence-electron chi connectivity index (χ0n) is 14.7. The Balaban J connectivity index is 2.04. The van der Waals surface area contributed by atoms with Crippen molar-refractivity contribution in [1.82, 2.24) is 0 Å². The molecule has 0 amide bonds. The third kappa shape index (κ3) is 5.27. The number of ether oxygens (including phenoxy) is 4. The number of fused-ring (bicyclic) bond motifs is 1. The molecule has 1 aliphatic heterocycles. The summed E-state index contributed by atoms with van der Waals surface area (Å²) in [6.07, 6.45) is 9.01. The molecule has 0 radical (unpaired) electrons. The first-order valence-electron chi connectivity index (χ1n) is 8.66. The molecular weight excluding hydrogens is 372 g/mol. The van der Waals surface area contributed by atoms with Gasteiger partial charge in [0.25, 0.3) is 0 Å². The van der Waals surface area contributed by atoms with Crippen LogP contribution in [0.2, 0.25) is 0 Å². The molecule has 1 fully saturated rings. The van der Waals surface area contributed by atoms with Crippen molar-refractivity contribution in [2.75, 3.05) is 13.2 Å². The van der Waals surface area contributed by atoms with Gasteiger partial charge in [-0.3, -0.25) is 0 Å². The zero-order valence-corrected chi connectivity index (χ0v) is 16.3. The largest absolute Gasteiger partial charge is 0.372 e. The molecule has 136 valence electrons. The predicted molar refractivity (Wildman–Crippen MR) is 99.2 cm³/mol. The highest BCUT2D eigenvalue weighted by atomic mass is 79.9. The SMILES string of the molecule is C=CCCCO[C@H]1[C@@H]2OC(C)(C)O[C@@H]2C(Br)=C[C@@H]1OCCCC=C. The lowest BCUT2D eigenvalue weighted by Gasteiger charge is -2.35. The van der Waals surface area contributed by atoms with Crippen molar-refractivity contribution in [3.05, 3.63) is 35.9 Å². The zero-order chi connectivity index (χ0) is 17.6. The third-order valence-electron chi connectivity index (χ3n) is 4.10. The fourth-order valence-corrected chi connectivity index (χ4v) is 3.62. The van der Waals surface area contributed by atoms with Crippen LogP contribution in [0, 0.1) is 0 Å². The lowest BCUT2D eigenvalue weighted by atomic mass is 9.95. The van der Waals surface area contributed by atoms with E-state index in [9.17, 15) is 0 Å². The summed E-state index contributed by atoms with van der Waals surface area (Å²) in [6, 6.07) is 0. The molecule has 4 atom stereocenters. The molecular formula is C19H29BrO4. The molecule has 4 nitrogen and oxygen atoms in total. The van der Waals surface area contributed by atoms with Crippen LogP contribution in [-0.4, -0.2) is 43.4 Å². The molecule has 0 unspecified atom stereocenters. The van der Waals surface area contributed by atoms with Gasteiger partial charge in [0, 0.05) is 17.7 Å². The van der Waals surface area contributed by atoms with Crippen LogP contribution in [0.25, 0.3) is 0 Å². The normalized spacial score (nSPS) is 31.4. The number of hydrogen-bond donors (Lipinski definition) is 0. The third-order valence-corrected chi connectivity index (χ3v) is 4.81. The number of allylic oxidation sites excluding steroid dienone is 2. The molecule has 2 aliphatic rings. The van der Waals surface area contributed by atoms with Gasteiger partial charge < -0.3 is 18.9 Å². The van der Waals surface area contributed by atoms with E-state index in [1.165, 1.54) is 0 Å². The second kappa shape index (κ2) is 9.30. The highest BCUT2D eigenvalue weighted by Crippen LogP contribution is 2.41. The topological polar surface area (TPSA) is 36.9 Å². The van der Waals surface area contributed by atoms with Crippen LogP contribution >= 0.6 is 15.9 Å². The smallest absolute Gasteiger partial charge is 0.164 e. The highest BCUT2D eigenvalue weighted by Gasteiger charge is 2.51. The van der Waals surface area contributed by atoms with Gasteiger partial charge in [-0.1, -0.05) is 28.1 Å². The minimum atomic E-state index is -0.622. The molecule has 1 saturated heterocycles. The van der Waals surface area contributed by atoms with Gasteiger partial charge in [0.05, 0.1) is 0 Å². The van der Waals surface area contributed by atoms with E-state index in [4.69, 9.17) is 18.9 Å². The first kappa shape index (κ1) is 19.9. The van der Waals surface area contributed by atoms with E-state index >= 15 is 0 Å². The highest BCUT2D eigenvalue weighted by molar-refractivity contribution is 9.11. The van der Waals surface area contributed by atoms with Crippen molar-refractivity contribution in [3.63, 3.8) is 0 Å². The van der Waals surface area contributed by atoms with Gasteiger partial charge in [0.2, 0.25) is 0 Å². The summed E-state index contributed by atoms with van der Waals surface area (Å²) < 4.78 is 25.3. The summed E-state index contributed by atoms with van der Waals surface area (Å²) in [4.78, 5) is 0. The van der Waals surface area contributed by atoms with E-state index in [0.29, 0.717) is 13.2 Å². The van der Waals surface area contributed by atoms with Gasteiger partial charge in [-0.2, -0.15) is 0 Å². The van der Waals surface area contributed by atoms with Crippen LogP contribution in [0.4, 0.5) is 0 Å². The maximum absolute atomic E-state index is 6.15. The van der Waals surface area contributed by atoms with Crippen LogP contribution in [0.15, 0.2) is 35.9 Å². The van der Waals surface area contributed by atoms with Gasteiger partial charge in [-0.25, -0.2) is 0 Å². The average molecular weight is 401 g/mol. The van der Waals surface area contributed by atoms with E-state index in [1.54, 1.807) is 0 Å². The van der Waals surface area contributed by atoms with E-state index in [-0.39, 0.29) is 24.4 Å². The summed E-state index contributed by atoms with van der Waals surface area (Å²) in [5.74, 6) is -0.622. The minimum Gasteiger partial charge on any atom is -0.372 e. The monoisotopic (exact) mass is 400 g/mol. The minimum absolute atomic E-state index is 0.141. The quantitative estimate of drug-likeness (QED) is 0.399. The van der Waals surface area contributed by atoms with Crippen molar-refractivity contribution < 1.29 is 18.9 Å². The second-order valence-corrected chi connectivity index (χ2v) is 7.52. The summed E-state index contributed by atoms with van der Waals surface area (Å²) in [6.45, 7) is 12.7.